The van der Waals surface area contributed by atoms with Crippen LogP contribution in [0.25, 0.3) is 10.8 Å². The highest BCUT2D eigenvalue weighted by Crippen LogP contribution is 2.60. The molecule has 0 saturated heterocycles. The third-order valence-corrected chi connectivity index (χ3v) is 5.63. The van der Waals surface area contributed by atoms with Crippen LogP contribution < -0.4 is 10.5 Å². The van der Waals surface area contributed by atoms with Crippen LogP contribution in [0, 0.1) is 17.8 Å². The smallest absolute Gasteiger partial charge is 0.126 e. The van der Waals surface area contributed by atoms with Gasteiger partial charge in [-0.2, -0.15) is 0 Å². The van der Waals surface area contributed by atoms with Crippen LogP contribution in [0.1, 0.15) is 37.3 Å². The maximum Gasteiger partial charge on any atom is 0.126 e. The third-order valence-electron chi connectivity index (χ3n) is 5.63. The van der Waals surface area contributed by atoms with Crippen molar-refractivity contribution >= 4 is 10.8 Å². The molecular formula is C19H23NO. The second-order valence-electron chi connectivity index (χ2n) is 6.62. The Hall–Kier alpha value is -1.54. The molecule has 2 fully saturated rings. The molecule has 0 aromatic heterocycles. The molecule has 0 radical (unpaired) electrons. The highest BCUT2D eigenvalue weighted by molar-refractivity contribution is 5.91. The molecule has 110 valence electrons. The topological polar surface area (TPSA) is 35.2 Å². The van der Waals surface area contributed by atoms with Gasteiger partial charge in [-0.15, -0.1) is 0 Å². The molecule has 2 aromatic rings. The van der Waals surface area contributed by atoms with Crippen LogP contribution in [0.2, 0.25) is 0 Å². The van der Waals surface area contributed by atoms with Gasteiger partial charge in [0, 0.05) is 11.4 Å². The number of ether oxygens (including phenoxy) is 1. The molecule has 2 saturated carbocycles. The van der Waals surface area contributed by atoms with E-state index in [-0.39, 0.29) is 6.04 Å². The average Bonchev–Trinajstić information content (AvgIpc) is 3.27. The van der Waals surface area contributed by atoms with Gasteiger partial charge in [-0.25, -0.2) is 0 Å². The van der Waals surface area contributed by atoms with E-state index in [0.717, 1.165) is 17.6 Å². The fourth-order valence-corrected chi connectivity index (χ4v) is 4.55. The minimum atomic E-state index is 0.175. The molecule has 4 rings (SSSR count). The summed E-state index contributed by atoms with van der Waals surface area (Å²) in [6.07, 6.45) is 5.57. The Morgan fingerprint density at radius 2 is 1.67 bits per heavy atom. The second kappa shape index (κ2) is 5.03. The molecule has 0 bridgehead atoms. The maximum absolute atomic E-state index is 6.68. The average molecular weight is 281 g/mol. The van der Waals surface area contributed by atoms with Crippen LogP contribution in [0.5, 0.6) is 5.75 Å². The van der Waals surface area contributed by atoms with Gasteiger partial charge in [0.25, 0.3) is 0 Å². The Morgan fingerprint density at radius 3 is 2.33 bits per heavy atom. The Bertz CT molecular complexity index is 654. The van der Waals surface area contributed by atoms with Gasteiger partial charge in [-0.3, -0.25) is 0 Å². The van der Waals surface area contributed by atoms with Crippen molar-refractivity contribution in [3.05, 3.63) is 42.0 Å². The van der Waals surface area contributed by atoms with Crippen LogP contribution in [0.4, 0.5) is 0 Å². The van der Waals surface area contributed by atoms with Crippen LogP contribution in [-0.4, -0.2) is 7.11 Å². The van der Waals surface area contributed by atoms with Crippen molar-refractivity contribution in [1.82, 2.24) is 0 Å². The van der Waals surface area contributed by atoms with Crippen molar-refractivity contribution in [2.24, 2.45) is 23.5 Å². The summed E-state index contributed by atoms with van der Waals surface area (Å²) in [5.74, 6) is 3.41. The van der Waals surface area contributed by atoms with Crippen molar-refractivity contribution in [2.45, 2.75) is 31.7 Å². The number of nitrogens with two attached hydrogens (primary N) is 1. The number of benzene rings is 2. The monoisotopic (exact) mass is 281 g/mol. The Kier molecular flexibility index (Phi) is 3.15. The molecule has 2 aliphatic rings. The minimum Gasteiger partial charge on any atom is -0.496 e. The fourth-order valence-electron chi connectivity index (χ4n) is 4.55. The minimum absolute atomic E-state index is 0.175. The summed E-state index contributed by atoms with van der Waals surface area (Å²) in [6.45, 7) is 0. The molecule has 2 nitrogen and oxygen atoms in total. The number of hydrogen-bond acceptors (Lipinski definition) is 2. The summed E-state index contributed by atoms with van der Waals surface area (Å²) in [4.78, 5) is 0. The van der Waals surface area contributed by atoms with Gasteiger partial charge in [-0.1, -0.05) is 43.2 Å². The van der Waals surface area contributed by atoms with Crippen LogP contribution >= 0.6 is 0 Å². The lowest BCUT2D eigenvalue weighted by Crippen LogP contribution is -2.15. The van der Waals surface area contributed by atoms with Gasteiger partial charge in [0.05, 0.1) is 7.11 Å². The van der Waals surface area contributed by atoms with E-state index >= 15 is 0 Å². The molecule has 3 atom stereocenters. The quantitative estimate of drug-likeness (QED) is 0.911. The summed E-state index contributed by atoms with van der Waals surface area (Å²) in [5, 5.41) is 2.43. The first kappa shape index (κ1) is 13.1. The molecule has 2 N–H and O–H groups in total. The predicted molar refractivity (Wildman–Crippen MR) is 86.4 cm³/mol. The summed E-state index contributed by atoms with van der Waals surface area (Å²) >= 11 is 0. The van der Waals surface area contributed by atoms with Gasteiger partial charge in [0.1, 0.15) is 5.75 Å². The largest absolute Gasteiger partial charge is 0.496 e. The summed E-state index contributed by atoms with van der Waals surface area (Å²) in [5.41, 5.74) is 7.97. The highest BCUT2D eigenvalue weighted by Gasteiger charge is 2.53. The van der Waals surface area contributed by atoms with E-state index in [1.807, 2.05) is 0 Å². The molecule has 2 aliphatic carbocycles. The molecule has 0 spiro atoms. The van der Waals surface area contributed by atoms with E-state index in [0.29, 0.717) is 5.92 Å². The summed E-state index contributed by atoms with van der Waals surface area (Å²) in [6, 6.07) is 12.9. The van der Waals surface area contributed by atoms with Crippen LogP contribution in [0.3, 0.4) is 0 Å². The SMILES string of the molecule is COc1ccc(C(N)C2C3CCCCC32)c2ccccc12. The molecule has 2 heteroatoms. The first-order chi connectivity index (χ1) is 10.3. The van der Waals surface area contributed by atoms with Crippen LogP contribution in [0.15, 0.2) is 36.4 Å². The Labute approximate surface area is 126 Å². The van der Waals surface area contributed by atoms with E-state index < -0.39 is 0 Å². The second-order valence-corrected chi connectivity index (χ2v) is 6.62. The van der Waals surface area contributed by atoms with Gasteiger partial charge < -0.3 is 10.5 Å². The summed E-state index contributed by atoms with van der Waals surface area (Å²) < 4.78 is 5.49. The highest BCUT2D eigenvalue weighted by atomic mass is 16.5. The van der Waals surface area contributed by atoms with E-state index in [9.17, 15) is 0 Å². The lowest BCUT2D eigenvalue weighted by molar-refractivity contribution is 0.419. The van der Waals surface area contributed by atoms with Crippen molar-refractivity contribution in [3.8, 4) is 5.75 Å². The molecule has 0 heterocycles. The molecule has 3 unspecified atom stereocenters. The van der Waals surface area contributed by atoms with Gasteiger partial charge in [0.2, 0.25) is 0 Å². The third kappa shape index (κ3) is 2.04. The molecule has 21 heavy (non-hydrogen) atoms. The molecule has 0 amide bonds. The van der Waals surface area contributed by atoms with Gasteiger partial charge in [0.15, 0.2) is 0 Å². The Morgan fingerprint density at radius 1 is 1.00 bits per heavy atom. The van der Waals surface area contributed by atoms with E-state index in [1.165, 1.54) is 42.0 Å². The lowest BCUT2D eigenvalue weighted by atomic mass is 9.94. The zero-order chi connectivity index (χ0) is 14.4. The molecular weight excluding hydrogens is 258 g/mol. The standard InChI is InChI=1S/C19H23NO/c1-21-17-11-10-16(12-6-2-3-7-13(12)17)19(20)18-14-8-4-5-9-15(14)18/h2-3,6-7,10-11,14-15,18-19H,4-5,8-9,20H2,1H3. The Balaban J connectivity index is 1.73. The van der Waals surface area contributed by atoms with Crippen molar-refractivity contribution in [3.63, 3.8) is 0 Å². The maximum atomic E-state index is 6.68. The van der Waals surface area contributed by atoms with E-state index in [4.69, 9.17) is 10.5 Å². The number of hydrogen-bond donors (Lipinski definition) is 1. The van der Waals surface area contributed by atoms with Crippen molar-refractivity contribution in [2.75, 3.05) is 7.11 Å². The first-order valence-corrected chi connectivity index (χ1v) is 8.12. The van der Waals surface area contributed by atoms with Gasteiger partial charge in [-0.05, 0) is 47.6 Å². The van der Waals surface area contributed by atoms with E-state index in [2.05, 4.69) is 36.4 Å². The predicted octanol–water partition coefficient (Wildman–Crippen LogP) is 4.28. The lowest BCUT2D eigenvalue weighted by Gasteiger charge is -2.17. The number of methoxy groups -OCH3 is 1. The van der Waals surface area contributed by atoms with Crippen molar-refractivity contribution < 1.29 is 4.74 Å². The van der Waals surface area contributed by atoms with E-state index in [1.54, 1.807) is 7.11 Å². The zero-order valence-electron chi connectivity index (χ0n) is 12.6. The zero-order valence-corrected chi connectivity index (χ0v) is 12.6. The first-order valence-electron chi connectivity index (χ1n) is 8.12. The van der Waals surface area contributed by atoms with Crippen molar-refractivity contribution in [1.29, 1.82) is 0 Å². The normalized spacial score (nSPS) is 29.0. The van der Waals surface area contributed by atoms with Gasteiger partial charge >= 0.3 is 0 Å². The number of fused-ring (bicyclic) bond motifs is 2. The van der Waals surface area contributed by atoms with Crippen LogP contribution in [-0.2, 0) is 0 Å². The fraction of sp³-hybridized carbons (Fsp3) is 0.474. The summed E-state index contributed by atoms with van der Waals surface area (Å²) in [7, 11) is 1.73. The molecule has 2 aromatic carbocycles. The molecule has 0 aliphatic heterocycles. The number of rotatable bonds is 3.